The average molecular weight is 920 g/mol. The Balaban J connectivity index is 1.27. The van der Waals surface area contributed by atoms with Crippen LogP contribution in [0, 0.1) is 0 Å². The van der Waals surface area contributed by atoms with Gasteiger partial charge in [0.15, 0.2) is 23.9 Å². The maximum Gasteiger partial charge on any atom is 0.402 e. The second-order valence-electron chi connectivity index (χ2n) is 15.3. The Morgan fingerprint density at radius 1 is 0.600 bits per heavy atom. The van der Waals surface area contributed by atoms with E-state index >= 15 is 0 Å². The largest absolute Gasteiger partial charge is 0.508 e. The van der Waals surface area contributed by atoms with E-state index in [4.69, 9.17) is 37.6 Å². The van der Waals surface area contributed by atoms with Gasteiger partial charge < -0.3 is 105 Å². The maximum atomic E-state index is 12.8. The molecule has 0 amide bonds. The standard InChI is InChI=1S/C42H46O23/c43-13-26-30(50)33(53)36(56)40(62-26)60-24-11-19(46)10-23-20(24)12-25(38(59-23)17-4-7-21(47)22(48)9-17)61-42-39(65-41-37(57)34(54)31(51)27(14-44)63-41)35(55)32(52)28(64-42)15-58-29(49)8-3-16-1-5-18(45)6-2-16/h1-12,26-28,30-37,39-44,50-57H,13-15H2,(H3-,45,46,47,48,49)/p+1/t26-,27-,28-,30-,31-,32-,33+,34+,35+,36-,37-,39-,40-,41+,42-/m1/s1. The number of carbonyl (C=O) groups excluding carboxylic acids is 1. The zero-order valence-electron chi connectivity index (χ0n) is 33.6. The lowest BCUT2D eigenvalue weighted by Crippen LogP contribution is -2.65. The smallest absolute Gasteiger partial charge is 0.402 e. The van der Waals surface area contributed by atoms with Crippen LogP contribution in [-0.2, 0) is 28.5 Å². The van der Waals surface area contributed by atoms with Gasteiger partial charge in [0, 0.05) is 24.3 Å². The molecule has 15 atom stereocenters. The van der Waals surface area contributed by atoms with E-state index in [2.05, 4.69) is 0 Å². The minimum Gasteiger partial charge on any atom is -0.508 e. The van der Waals surface area contributed by atoms with E-state index in [9.17, 15) is 76.3 Å². The minimum absolute atomic E-state index is 0.00867. The highest BCUT2D eigenvalue weighted by Gasteiger charge is 2.52. The third kappa shape index (κ3) is 10.2. The molecular formula is C42H47O23+. The molecule has 65 heavy (non-hydrogen) atoms. The molecule has 1 aromatic heterocycles. The number of aromatic hydroxyl groups is 4. The summed E-state index contributed by atoms with van der Waals surface area (Å²) in [6, 6.07) is 12.6. The fourth-order valence-electron chi connectivity index (χ4n) is 7.22. The third-order valence-corrected chi connectivity index (χ3v) is 10.9. The van der Waals surface area contributed by atoms with Gasteiger partial charge in [-0.2, -0.15) is 0 Å². The number of rotatable bonds is 13. The van der Waals surface area contributed by atoms with Gasteiger partial charge in [-0.25, -0.2) is 9.21 Å². The molecule has 0 spiro atoms. The highest BCUT2D eigenvalue weighted by atomic mass is 16.8. The molecule has 0 saturated carbocycles. The van der Waals surface area contributed by atoms with Crippen molar-refractivity contribution >= 4 is 23.0 Å². The van der Waals surface area contributed by atoms with Crippen LogP contribution in [-0.4, -0.2) is 189 Å². The first-order valence-electron chi connectivity index (χ1n) is 19.9. The molecule has 4 heterocycles. The quantitative estimate of drug-likeness (QED) is 0.0289. The van der Waals surface area contributed by atoms with Gasteiger partial charge in [0.25, 0.3) is 0 Å². The van der Waals surface area contributed by atoms with Gasteiger partial charge in [0.05, 0.1) is 24.8 Å². The summed E-state index contributed by atoms with van der Waals surface area (Å²) in [7, 11) is 0. The molecule has 3 saturated heterocycles. The van der Waals surface area contributed by atoms with Crippen LogP contribution in [0.2, 0.25) is 0 Å². The zero-order valence-corrected chi connectivity index (χ0v) is 33.6. The lowest BCUT2D eigenvalue weighted by atomic mass is 9.97. The second-order valence-corrected chi connectivity index (χ2v) is 15.3. The number of hydrogen-bond donors (Lipinski definition) is 14. The molecule has 3 aliphatic rings. The number of hydrogen-bond acceptors (Lipinski definition) is 22. The number of aliphatic hydroxyl groups is 10. The van der Waals surface area contributed by atoms with Crippen LogP contribution < -0.4 is 9.47 Å². The molecule has 14 N–H and O–H groups in total. The van der Waals surface area contributed by atoms with Gasteiger partial charge in [0.2, 0.25) is 18.3 Å². The van der Waals surface area contributed by atoms with Gasteiger partial charge in [-0.3, -0.25) is 0 Å². The molecule has 4 aromatic rings. The van der Waals surface area contributed by atoms with E-state index in [0.29, 0.717) is 5.56 Å². The molecule has 3 aliphatic heterocycles. The van der Waals surface area contributed by atoms with Crippen molar-refractivity contribution in [1.29, 1.82) is 0 Å². The SMILES string of the molecule is O=C(C=Cc1ccc(O)cc1)OC[C@H]1O[C@@H](Oc2cc3c(O[C@@H]4O[C@H](CO)[C@@H](O)[C@H](O)[C@H]4O)cc(O)cc3[o+]c2-c2ccc(O)c(O)c2)[C@H](O[C@@H]2O[C@H](CO)[C@@H](O)[C@H](O)[C@H]2O)[C@@H](O)[C@@H]1O. The van der Waals surface area contributed by atoms with Crippen molar-refractivity contribution in [3.05, 3.63) is 72.3 Å². The number of phenolic OH excluding ortho intramolecular Hbond substituents is 4. The van der Waals surface area contributed by atoms with E-state index in [1.807, 2.05) is 0 Å². The summed E-state index contributed by atoms with van der Waals surface area (Å²) in [5.74, 6) is -3.61. The number of benzene rings is 3. The molecular weight excluding hydrogens is 872 g/mol. The Bertz CT molecular complexity index is 2300. The van der Waals surface area contributed by atoms with Crippen molar-refractivity contribution in [3.8, 4) is 45.8 Å². The van der Waals surface area contributed by atoms with Gasteiger partial charge in [-0.15, -0.1) is 0 Å². The summed E-state index contributed by atoms with van der Waals surface area (Å²) in [4.78, 5) is 12.8. The monoisotopic (exact) mass is 919 g/mol. The predicted molar refractivity (Wildman–Crippen MR) is 213 cm³/mol. The summed E-state index contributed by atoms with van der Waals surface area (Å²) in [5, 5.41) is 146. The summed E-state index contributed by atoms with van der Waals surface area (Å²) in [6.45, 7) is -2.40. The molecule has 352 valence electrons. The van der Waals surface area contributed by atoms with Crippen LogP contribution in [0.25, 0.3) is 28.4 Å². The Hall–Kier alpha value is -5.48. The van der Waals surface area contributed by atoms with Crippen molar-refractivity contribution in [2.24, 2.45) is 0 Å². The Morgan fingerprint density at radius 3 is 1.85 bits per heavy atom. The Morgan fingerprint density at radius 2 is 1.20 bits per heavy atom. The predicted octanol–water partition coefficient (Wildman–Crippen LogP) is -2.35. The molecule has 7 rings (SSSR count). The summed E-state index contributed by atoms with van der Waals surface area (Å²) in [5.41, 5.74) is 0.325. The molecule has 23 nitrogen and oxygen atoms in total. The molecule has 3 fully saturated rings. The van der Waals surface area contributed by atoms with E-state index < -0.39 is 141 Å². The fraction of sp³-hybridized carbons (Fsp3) is 0.429. The minimum atomic E-state index is -2.07. The van der Waals surface area contributed by atoms with E-state index in [-0.39, 0.29) is 33.8 Å². The zero-order chi connectivity index (χ0) is 46.9. The molecule has 0 radical (unpaired) electrons. The number of ether oxygens (including phenoxy) is 7. The topological polar surface area (TPSA) is 376 Å². The highest BCUT2D eigenvalue weighted by Crippen LogP contribution is 2.44. The van der Waals surface area contributed by atoms with Crippen molar-refractivity contribution in [1.82, 2.24) is 0 Å². The maximum absolute atomic E-state index is 12.8. The van der Waals surface area contributed by atoms with Crippen LogP contribution in [0.1, 0.15) is 5.56 Å². The molecule has 0 aliphatic carbocycles. The lowest BCUT2D eigenvalue weighted by Gasteiger charge is -2.45. The van der Waals surface area contributed by atoms with Gasteiger partial charge >= 0.3 is 17.3 Å². The van der Waals surface area contributed by atoms with E-state index in [1.165, 1.54) is 42.5 Å². The Kier molecular flexibility index (Phi) is 14.6. The van der Waals surface area contributed by atoms with E-state index in [0.717, 1.165) is 30.3 Å². The number of phenols is 4. The van der Waals surface area contributed by atoms with Crippen molar-refractivity contribution in [2.45, 2.75) is 92.1 Å². The molecule has 0 unspecified atom stereocenters. The van der Waals surface area contributed by atoms with Crippen LogP contribution >= 0.6 is 0 Å². The summed E-state index contributed by atoms with van der Waals surface area (Å²) in [6.07, 6.45) is -25.0. The summed E-state index contributed by atoms with van der Waals surface area (Å²) < 4.78 is 46.5. The van der Waals surface area contributed by atoms with Gasteiger partial charge in [-0.05, 0) is 35.9 Å². The van der Waals surface area contributed by atoms with Crippen LogP contribution in [0.4, 0.5) is 0 Å². The van der Waals surface area contributed by atoms with Crippen LogP contribution in [0.3, 0.4) is 0 Å². The third-order valence-electron chi connectivity index (χ3n) is 10.9. The van der Waals surface area contributed by atoms with E-state index in [1.54, 1.807) is 0 Å². The number of esters is 1. The number of fused-ring (bicyclic) bond motifs is 1. The highest BCUT2D eigenvalue weighted by molar-refractivity contribution is 5.89. The Labute approximate surface area is 366 Å². The molecule has 0 bridgehead atoms. The van der Waals surface area contributed by atoms with Gasteiger partial charge in [-0.1, -0.05) is 12.1 Å². The first-order valence-corrected chi connectivity index (χ1v) is 19.9. The van der Waals surface area contributed by atoms with Crippen molar-refractivity contribution in [3.63, 3.8) is 0 Å². The first-order chi connectivity index (χ1) is 31.0. The second kappa shape index (κ2) is 19.9. The normalized spacial score (nSPS) is 32.9. The molecule has 3 aromatic carbocycles. The first kappa shape index (κ1) is 47.5. The van der Waals surface area contributed by atoms with Crippen LogP contribution in [0.15, 0.2) is 71.2 Å². The van der Waals surface area contributed by atoms with Crippen molar-refractivity contribution < 1.29 is 114 Å². The van der Waals surface area contributed by atoms with Crippen LogP contribution in [0.5, 0.6) is 34.5 Å². The number of aliphatic hydroxyl groups excluding tert-OH is 10. The average Bonchev–Trinajstić information content (AvgIpc) is 3.29. The summed E-state index contributed by atoms with van der Waals surface area (Å²) >= 11 is 0. The molecule has 23 heteroatoms. The van der Waals surface area contributed by atoms with Gasteiger partial charge in [0.1, 0.15) is 96.4 Å². The van der Waals surface area contributed by atoms with Crippen molar-refractivity contribution in [2.75, 3.05) is 19.8 Å². The lowest BCUT2D eigenvalue weighted by molar-refractivity contribution is -0.357. The fourth-order valence-corrected chi connectivity index (χ4v) is 7.22. The number of carbonyl (C=O) groups is 1.